The molecule has 0 radical (unpaired) electrons. The summed E-state index contributed by atoms with van der Waals surface area (Å²) in [6.45, 7) is 1.05. The van der Waals surface area contributed by atoms with E-state index in [1.54, 1.807) is 4.90 Å². The van der Waals surface area contributed by atoms with Crippen molar-refractivity contribution in [2.45, 2.75) is 18.9 Å². The number of phenols is 1. The quantitative estimate of drug-likeness (QED) is 0.604. The van der Waals surface area contributed by atoms with Gasteiger partial charge in [0.15, 0.2) is 0 Å². The second-order valence-corrected chi connectivity index (χ2v) is 4.81. The molecule has 1 heterocycles. The van der Waals surface area contributed by atoms with Crippen molar-refractivity contribution in [3.05, 3.63) is 23.8 Å². The number of anilines is 1. The van der Waals surface area contributed by atoms with Crippen molar-refractivity contribution in [3.63, 3.8) is 0 Å². The zero-order valence-electron chi connectivity index (χ0n) is 10.9. The van der Waals surface area contributed by atoms with Gasteiger partial charge in [-0.05, 0) is 31.0 Å². The van der Waals surface area contributed by atoms with Crippen LogP contribution in [0.25, 0.3) is 0 Å². The number of amides is 2. The molecule has 5 N–H and O–H groups in total. The van der Waals surface area contributed by atoms with Gasteiger partial charge in [-0.3, -0.25) is 0 Å². The predicted molar refractivity (Wildman–Crippen MR) is 72.9 cm³/mol. The zero-order valence-corrected chi connectivity index (χ0v) is 10.9. The number of likely N-dealkylation sites (tertiary alicyclic amines) is 1. The molecule has 1 aromatic carbocycles. The Morgan fingerprint density at radius 2 is 2.15 bits per heavy atom. The number of carboxylic acids is 1. The Bertz CT molecular complexity index is 532. The third-order valence-electron chi connectivity index (χ3n) is 3.22. The number of nitrogens with zero attached hydrogens (tertiary/aromatic N) is 1. The van der Waals surface area contributed by atoms with Crippen molar-refractivity contribution in [2.75, 3.05) is 18.4 Å². The first-order valence-corrected chi connectivity index (χ1v) is 6.35. The number of phenolic OH excluding ortho intramolecular Hbond substituents is 1. The van der Waals surface area contributed by atoms with Crippen LogP contribution in [0.3, 0.4) is 0 Å². The lowest BCUT2D eigenvalue weighted by Gasteiger charge is -2.30. The molecule has 1 aliphatic heterocycles. The molecule has 20 heavy (non-hydrogen) atoms. The number of carboxylic acid groups (broad SMARTS) is 1. The van der Waals surface area contributed by atoms with Crippen LogP contribution in [0.1, 0.15) is 23.2 Å². The first-order chi connectivity index (χ1) is 9.47. The first kappa shape index (κ1) is 14.1. The van der Waals surface area contributed by atoms with E-state index in [9.17, 15) is 14.7 Å². The maximum absolute atomic E-state index is 12.1. The molecule has 1 saturated heterocycles. The average molecular weight is 279 g/mol. The highest BCUT2D eigenvalue weighted by Crippen LogP contribution is 2.22. The Hall–Kier alpha value is -2.28. The molecular formula is C13H17N3O4. The highest BCUT2D eigenvalue weighted by molar-refractivity contribution is 6.00. The Labute approximate surface area is 116 Å². The van der Waals surface area contributed by atoms with Gasteiger partial charge in [0, 0.05) is 19.1 Å². The Morgan fingerprint density at radius 3 is 2.80 bits per heavy atom. The molecule has 0 aromatic heterocycles. The number of aromatic carboxylic acids is 1. The van der Waals surface area contributed by atoms with Crippen LogP contribution < -0.4 is 11.1 Å². The van der Waals surface area contributed by atoms with Gasteiger partial charge in [-0.1, -0.05) is 0 Å². The van der Waals surface area contributed by atoms with Crippen molar-refractivity contribution >= 4 is 17.7 Å². The molecule has 1 aliphatic rings. The van der Waals surface area contributed by atoms with E-state index < -0.39 is 5.97 Å². The molecule has 1 aromatic rings. The summed E-state index contributed by atoms with van der Waals surface area (Å²) in [6.07, 6.45) is 1.71. The number of rotatable bonds is 2. The Balaban J connectivity index is 2.13. The molecule has 0 bridgehead atoms. The molecule has 1 atom stereocenters. The van der Waals surface area contributed by atoms with Gasteiger partial charge in [0.05, 0.1) is 11.3 Å². The van der Waals surface area contributed by atoms with Gasteiger partial charge in [0.2, 0.25) is 0 Å². The first-order valence-electron chi connectivity index (χ1n) is 6.35. The molecule has 0 aliphatic carbocycles. The number of carbonyl (C=O) groups excluding carboxylic acids is 1. The van der Waals surface area contributed by atoms with E-state index in [-0.39, 0.29) is 29.1 Å². The molecule has 2 rings (SSSR count). The van der Waals surface area contributed by atoms with Gasteiger partial charge >= 0.3 is 12.0 Å². The summed E-state index contributed by atoms with van der Waals surface area (Å²) in [7, 11) is 0. The van der Waals surface area contributed by atoms with Crippen LogP contribution in [-0.2, 0) is 0 Å². The van der Waals surface area contributed by atoms with E-state index in [1.165, 1.54) is 12.1 Å². The summed E-state index contributed by atoms with van der Waals surface area (Å²) in [4.78, 5) is 24.7. The molecule has 7 heteroatoms. The minimum Gasteiger partial charge on any atom is -0.508 e. The average Bonchev–Trinajstić information content (AvgIpc) is 2.40. The van der Waals surface area contributed by atoms with Gasteiger partial charge in [-0.15, -0.1) is 0 Å². The highest BCUT2D eigenvalue weighted by atomic mass is 16.4. The highest BCUT2D eigenvalue weighted by Gasteiger charge is 2.22. The summed E-state index contributed by atoms with van der Waals surface area (Å²) in [5, 5.41) is 20.9. The number of benzene rings is 1. The standard InChI is InChI=1S/C13H17N3O4/c14-8-2-1-5-16(7-8)13(20)15-11-4-3-9(17)6-10(11)12(18)19/h3-4,6,8,17H,1-2,5,7,14H2,(H,15,20)(H,18,19). The lowest BCUT2D eigenvalue weighted by atomic mass is 10.1. The molecular weight excluding hydrogens is 262 g/mol. The van der Waals surface area contributed by atoms with Gasteiger partial charge in [0.25, 0.3) is 0 Å². The molecule has 0 spiro atoms. The second kappa shape index (κ2) is 5.79. The number of nitrogens with one attached hydrogen (secondary N) is 1. The Morgan fingerprint density at radius 1 is 1.40 bits per heavy atom. The van der Waals surface area contributed by atoms with E-state index in [1.807, 2.05) is 0 Å². The fraction of sp³-hybridized carbons (Fsp3) is 0.385. The van der Waals surface area contributed by atoms with E-state index in [2.05, 4.69) is 5.32 Å². The van der Waals surface area contributed by atoms with E-state index in [0.29, 0.717) is 13.1 Å². The van der Waals surface area contributed by atoms with Gasteiger partial charge in [0.1, 0.15) is 5.75 Å². The van der Waals surface area contributed by atoms with E-state index in [0.717, 1.165) is 18.9 Å². The predicted octanol–water partition coefficient (Wildman–Crippen LogP) is 1.05. The third-order valence-corrected chi connectivity index (χ3v) is 3.22. The van der Waals surface area contributed by atoms with Gasteiger partial charge < -0.3 is 26.2 Å². The van der Waals surface area contributed by atoms with Crippen molar-refractivity contribution in [3.8, 4) is 5.75 Å². The molecule has 2 amide bonds. The minimum absolute atomic E-state index is 0.0479. The number of nitrogens with two attached hydrogens (primary N) is 1. The number of aromatic hydroxyl groups is 1. The van der Waals surface area contributed by atoms with Crippen LogP contribution >= 0.6 is 0 Å². The molecule has 7 nitrogen and oxygen atoms in total. The topological polar surface area (TPSA) is 116 Å². The number of piperidine rings is 1. The monoisotopic (exact) mass is 279 g/mol. The number of hydrogen-bond acceptors (Lipinski definition) is 4. The summed E-state index contributed by atoms with van der Waals surface area (Å²) in [6, 6.07) is 3.35. The minimum atomic E-state index is -1.22. The number of carbonyl (C=O) groups is 2. The summed E-state index contributed by atoms with van der Waals surface area (Å²) in [5.74, 6) is -1.38. The summed E-state index contributed by atoms with van der Waals surface area (Å²) < 4.78 is 0. The smallest absolute Gasteiger partial charge is 0.337 e. The largest absolute Gasteiger partial charge is 0.508 e. The van der Waals surface area contributed by atoms with Crippen molar-refractivity contribution < 1.29 is 19.8 Å². The van der Waals surface area contributed by atoms with Crippen LogP contribution in [0, 0.1) is 0 Å². The third kappa shape index (κ3) is 3.18. The zero-order chi connectivity index (χ0) is 14.7. The van der Waals surface area contributed by atoms with Crippen LogP contribution in [0.15, 0.2) is 18.2 Å². The van der Waals surface area contributed by atoms with Crippen molar-refractivity contribution in [2.24, 2.45) is 5.73 Å². The maximum Gasteiger partial charge on any atom is 0.337 e. The molecule has 1 fully saturated rings. The second-order valence-electron chi connectivity index (χ2n) is 4.81. The van der Waals surface area contributed by atoms with Gasteiger partial charge in [-0.2, -0.15) is 0 Å². The number of urea groups is 1. The SMILES string of the molecule is NC1CCCN(C(=O)Nc2ccc(O)cc2C(=O)O)C1. The molecule has 108 valence electrons. The maximum atomic E-state index is 12.1. The Kier molecular flexibility index (Phi) is 4.09. The number of hydrogen-bond donors (Lipinski definition) is 4. The molecule has 1 unspecified atom stereocenters. The summed E-state index contributed by atoms with van der Waals surface area (Å²) in [5.41, 5.74) is 5.80. The van der Waals surface area contributed by atoms with Crippen LogP contribution in [0.5, 0.6) is 5.75 Å². The van der Waals surface area contributed by atoms with Crippen molar-refractivity contribution in [1.29, 1.82) is 0 Å². The van der Waals surface area contributed by atoms with Gasteiger partial charge in [-0.25, -0.2) is 9.59 Å². The normalized spacial score (nSPS) is 18.6. The van der Waals surface area contributed by atoms with E-state index in [4.69, 9.17) is 10.8 Å². The fourth-order valence-electron chi connectivity index (χ4n) is 2.21. The van der Waals surface area contributed by atoms with Crippen LogP contribution in [0.4, 0.5) is 10.5 Å². The van der Waals surface area contributed by atoms with Crippen molar-refractivity contribution in [1.82, 2.24) is 4.90 Å². The fourth-order valence-corrected chi connectivity index (χ4v) is 2.21. The summed E-state index contributed by atoms with van der Waals surface area (Å²) >= 11 is 0. The lowest BCUT2D eigenvalue weighted by Crippen LogP contribution is -2.47. The van der Waals surface area contributed by atoms with E-state index >= 15 is 0 Å². The lowest BCUT2D eigenvalue weighted by molar-refractivity contribution is 0.0697. The van der Waals surface area contributed by atoms with Crippen LogP contribution in [-0.4, -0.2) is 46.2 Å². The van der Waals surface area contributed by atoms with Crippen LogP contribution in [0.2, 0.25) is 0 Å². The molecule has 0 saturated carbocycles.